The van der Waals surface area contributed by atoms with Crippen LogP contribution in [0.15, 0.2) is 17.0 Å². The van der Waals surface area contributed by atoms with Crippen LogP contribution in [-0.2, 0) is 10.0 Å². The first kappa shape index (κ1) is 16.2. The molecular weight excluding hydrogens is 278 g/mol. The van der Waals surface area contributed by atoms with Gasteiger partial charge in [-0.15, -0.1) is 11.8 Å². The third kappa shape index (κ3) is 3.83. The van der Waals surface area contributed by atoms with Gasteiger partial charge in [0, 0.05) is 13.0 Å². The van der Waals surface area contributed by atoms with Crippen LogP contribution in [-0.4, -0.2) is 26.0 Å². The van der Waals surface area contributed by atoms with Gasteiger partial charge >= 0.3 is 5.97 Å². The standard InChI is InChI=1S/C14H17NO4S/c1-4-5-6-7-15-20(18,19)13-9-12(14(16)17)10(2)8-11(13)3/h8-9,15H,6-7H2,1-3H3,(H,16,17). The number of aryl methyl sites for hydroxylation is 2. The Morgan fingerprint density at radius 3 is 2.50 bits per heavy atom. The number of rotatable bonds is 5. The van der Waals surface area contributed by atoms with E-state index < -0.39 is 16.0 Å². The van der Waals surface area contributed by atoms with Crippen molar-refractivity contribution < 1.29 is 18.3 Å². The molecule has 108 valence electrons. The second-order valence-electron chi connectivity index (χ2n) is 4.31. The van der Waals surface area contributed by atoms with Crippen LogP contribution in [0.4, 0.5) is 0 Å². The summed E-state index contributed by atoms with van der Waals surface area (Å²) in [7, 11) is -3.73. The molecule has 0 unspecified atom stereocenters. The van der Waals surface area contributed by atoms with Gasteiger partial charge in [0.05, 0.1) is 10.5 Å². The van der Waals surface area contributed by atoms with E-state index in [-0.39, 0.29) is 17.0 Å². The van der Waals surface area contributed by atoms with Crippen molar-refractivity contribution >= 4 is 16.0 Å². The van der Waals surface area contributed by atoms with Gasteiger partial charge < -0.3 is 5.11 Å². The minimum atomic E-state index is -3.73. The first-order valence-electron chi connectivity index (χ1n) is 6.03. The van der Waals surface area contributed by atoms with Crippen LogP contribution in [0.25, 0.3) is 0 Å². The van der Waals surface area contributed by atoms with Crippen LogP contribution < -0.4 is 4.72 Å². The average Bonchev–Trinajstić information content (AvgIpc) is 2.33. The maximum Gasteiger partial charge on any atom is 0.335 e. The van der Waals surface area contributed by atoms with Crippen molar-refractivity contribution in [2.24, 2.45) is 0 Å². The molecule has 0 saturated heterocycles. The van der Waals surface area contributed by atoms with E-state index in [1.165, 1.54) is 6.07 Å². The van der Waals surface area contributed by atoms with Gasteiger partial charge in [0.25, 0.3) is 0 Å². The number of carboxylic acid groups (broad SMARTS) is 1. The topological polar surface area (TPSA) is 83.5 Å². The van der Waals surface area contributed by atoms with Crippen LogP contribution in [0.5, 0.6) is 0 Å². The Morgan fingerprint density at radius 1 is 1.30 bits per heavy atom. The Bertz CT molecular complexity index is 681. The molecule has 0 aliphatic heterocycles. The van der Waals surface area contributed by atoms with Crippen LogP contribution >= 0.6 is 0 Å². The van der Waals surface area contributed by atoms with Crippen molar-refractivity contribution in [3.05, 3.63) is 28.8 Å². The fourth-order valence-electron chi connectivity index (χ4n) is 1.80. The lowest BCUT2D eigenvalue weighted by molar-refractivity contribution is 0.0696. The van der Waals surface area contributed by atoms with Crippen molar-refractivity contribution in [3.8, 4) is 11.8 Å². The maximum atomic E-state index is 12.2. The molecular formula is C14H17NO4S. The molecule has 0 heterocycles. The lowest BCUT2D eigenvalue weighted by Crippen LogP contribution is -2.25. The molecule has 1 aromatic carbocycles. The number of sulfonamides is 1. The minimum absolute atomic E-state index is 0.00930. The van der Waals surface area contributed by atoms with E-state index in [9.17, 15) is 13.2 Å². The molecule has 0 spiro atoms. The average molecular weight is 295 g/mol. The summed E-state index contributed by atoms with van der Waals surface area (Å²) >= 11 is 0. The molecule has 1 aromatic rings. The SMILES string of the molecule is CC#CCCNS(=O)(=O)c1cc(C(=O)O)c(C)cc1C. The molecule has 5 nitrogen and oxygen atoms in total. The Hall–Kier alpha value is -1.84. The first-order chi connectivity index (χ1) is 9.29. The Balaban J connectivity index is 3.13. The number of nitrogens with one attached hydrogen (secondary N) is 1. The molecule has 0 saturated carbocycles. The van der Waals surface area contributed by atoms with E-state index in [2.05, 4.69) is 16.6 Å². The van der Waals surface area contributed by atoms with Crippen LogP contribution in [0.1, 0.15) is 34.8 Å². The zero-order valence-corrected chi connectivity index (χ0v) is 12.5. The number of benzene rings is 1. The van der Waals surface area contributed by atoms with Crippen LogP contribution in [0, 0.1) is 25.7 Å². The molecule has 0 radical (unpaired) electrons. The van der Waals surface area contributed by atoms with Gasteiger partial charge in [-0.1, -0.05) is 6.07 Å². The summed E-state index contributed by atoms with van der Waals surface area (Å²) in [5.41, 5.74) is 1.04. The maximum absolute atomic E-state index is 12.2. The highest BCUT2D eigenvalue weighted by Crippen LogP contribution is 2.20. The zero-order chi connectivity index (χ0) is 15.3. The van der Waals surface area contributed by atoms with Crippen molar-refractivity contribution in [2.45, 2.75) is 32.1 Å². The predicted octanol–water partition coefficient (Wildman–Crippen LogP) is 1.69. The summed E-state index contributed by atoms with van der Waals surface area (Å²) in [5.74, 6) is 4.29. The van der Waals surface area contributed by atoms with E-state index in [4.69, 9.17) is 5.11 Å². The summed E-state index contributed by atoms with van der Waals surface area (Å²) in [6, 6.07) is 2.75. The molecule has 20 heavy (non-hydrogen) atoms. The molecule has 0 aromatic heterocycles. The monoisotopic (exact) mass is 295 g/mol. The number of aromatic carboxylic acids is 1. The normalized spacial score (nSPS) is 10.8. The molecule has 0 amide bonds. The first-order valence-corrected chi connectivity index (χ1v) is 7.51. The molecule has 0 fully saturated rings. The number of hydrogen-bond donors (Lipinski definition) is 2. The third-order valence-corrected chi connectivity index (χ3v) is 4.36. The fourth-order valence-corrected chi connectivity index (χ4v) is 3.09. The van der Waals surface area contributed by atoms with Crippen molar-refractivity contribution in [3.63, 3.8) is 0 Å². The molecule has 6 heteroatoms. The number of carbonyl (C=O) groups is 1. The molecule has 0 atom stereocenters. The molecule has 0 aliphatic carbocycles. The Morgan fingerprint density at radius 2 is 1.95 bits per heavy atom. The molecule has 2 N–H and O–H groups in total. The Labute approximate surface area is 119 Å². The van der Waals surface area contributed by atoms with E-state index in [0.29, 0.717) is 17.5 Å². The quantitative estimate of drug-likeness (QED) is 0.639. The van der Waals surface area contributed by atoms with E-state index in [1.807, 2.05) is 0 Å². The van der Waals surface area contributed by atoms with Gasteiger partial charge in [-0.05, 0) is 38.0 Å². The molecule has 1 rings (SSSR count). The Kier molecular flexibility index (Phi) is 5.31. The smallest absolute Gasteiger partial charge is 0.335 e. The lowest BCUT2D eigenvalue weighted by atomic mass is 10.1. The van der Waals surface area contributed by atoms with Gasteiger partial charge in [-0.2, -0.15) is 0 Å². The summed E-state index contributed by atoms with van der Waals surface area (Å²) < 4.78 is 26.7. The number of hydrogen-bond acceptors (Lipinski definition) is 3. The van der Waals surface area contributed by atoms with E-state index >= 15 is 0 Å². The molecule has 0 bridgehead atoms. The second-order valence-corrected chi connectivity index (χ2v) is 6.05. The van der Waals surface area contributed by atoms with Gasteiger partial charge in [0.2, 0.25) is 10.0 Å². The van der Waals surface area contributed by atoms with E-state index in [1.54, 1.807) is 26.8 Å². The highest BCUT2D eigenvalue weighted by Gasteiger charge is 2.20. The molecule has 0 aliphatic rings. The van der Waals surface area contributed by atoms with E-state index in [0.717, 1.165) is 0 Å². The largest absolute Gasteiger partial charge is 0.478 e. The number of carboxylic acids is 1. The highest BCUT2D eigenvalue weighted by molar-refractivity contribution is 7.89. The van der Waals surface area contributed by atoms with Gasteiger partial charge in [0.15, 0.2) is 0 Å². The van der Waals surface area contributed by atoms with Crippen LogP contribution in [0.3, 0.4) is 0 Å². The summed E-state index contributed by atoms with van der Waals surface area (Å²) in [6.07, 6.45) is 0.409. The van der Waals surface area contributed by atoms with Gasteiger partial charge in [-0.25, -0.2) is 17.9 Å². The highest BCUT2D eigenvalue weighted by atomic mass is 32.2. The van der Waals surface area contributed by atoms with Gasteiger partial charge in [0.1, 0.15) is 0 Å². The van der Waals surface area contributed by atoms with Gasteiger partial charge in [-0.3, -0.25) is 0 Å². The van der Waals surface area contributed by atoms with Crippen molar-refractivity contribution in [1.82, 2.24) is 4.72 Å². The summed E-state index contributed by atoms with van der Waals surface area (Å²) in [5, 5.41) is 9.06. The zero-order valence-electron chi connectivity index (χ0n) is 11.6. The summed E-state index contributed by atoms with van der Waals surface area (Å²) in [4.78, 5) is 11.1. The second kappa shape index (κ2) is 6.55. The van der Waals surface area contributed by atoms with Crippen LogP contribution in [0.2, 0.25) is 0 Å². The fraction of sp³-hybridized carbons (Fsp3) is 0.357. The van der Waals surface area contributed by atoms with Crippen molar-refractivity contribution in [2.75, 3.05) is 6.54 Å². The predicted molar refractivity (Wildman–Crippen MR) is 76.1 cm³/mol. The summed E-state index contributed by atoms with van der Waals surface area (Å²) in [6.45, 7) is 5.15. The third-order valence-electron chi connectivity index (χ3n) is 2.76. The van der Waals surface area contributed by atoms with Crippen molar-refractivity contribution in [1.29, 1.82) is 0 Å². The minimum Gasteiger partial charge on any atom is -0.478 e. The lowest BCUT2D eigenvalue weighted by Gasteiger charge is -2.11.